The molecule has 1 saturated heterocycles. The van der Waals surface area contributed by atoms with Gasteiger partial charge in [-0.1, -0.05) is 41.4 Å². The van der Waals surface area contributed by atoms with E-state index < -0.39 is 5.97 Å². The summed E-state index contributed by atoms with van der Waals surface area (Å²) in [5.41, 5.74) is 3.35. The van der Waals surface area contributed by atoms with Crippen molar-refractivity contribution in [3.63, 3.8) is 0 Å². The number of hydrogen-bond donors (Lipinski definition) is 1. The summed E-state index contributed by atoms with van der Waals surface area (Å²) in [4.78, 5) is 26.7. The molecule has 2 aromatic rings. The summed E-state index contributed by atoms with van der Waals surface area (Å²) in [5, 5.41) is 3.27. The first-order chi connectivity index (χ1) is 13.5. The van der Waals surface area contributed by atoms with Gasteiger partial charge in [-0.25, -0.2) is 4.79 Å². The van der Waals surface area contributed by atoms with Crippen molar-refractivity contribution in [3.8, 4) is 0 Å². The number of rotatable bonds is 5. The van der Waals surface area contributed by atoms with Crippen LogP contribution >= 0.6 is 11.6 Å². The Morgan fingerprint density at radius 2 is 1.82 bits per heavy atom. The van der Waals surface area contributed by atoms with Crippen LogP contribution in [0.2, 0.25) is 5.02 Å². The minimum Gasteiger partial charge on any atom is -0.465 e. The molecule has 28 heavy (non-hydrogen) atoms. The monoisotopic (exact) mass is 400 g/mol. The predicted molar refractivity (Wildman–Crippen MR) is 111 cm³/mol. The van der Waals surface area contributed by atoms with Crippen LogP contribution < -0.4 is 5.32 Å². The molecule has 1 amide bonds. The van der Waals surface area contributed by atoms with Crippen molar-refractivity contribution in [2.24, 2.45) is 5.92 Å². The van der Waals surface area contributed by atoms with E-state index in [1.165, 1.54) is 18.2 Å². The largest absolute Gasteiger partial charge is 0.465 e. The summed E-state index contributed by atoms with van der Waals surface area (Å²) in [5.74, 6) is -0.581. The van der Waals surface area contributed by atoms with Gasteiger partial charge in [-0.3, -0.25) is 9.69 Å². The fourth-order valence-corrected chi connectivity index (χ4v) is 3.57. The Kier molecular flexibility index (Phi) is 6.70. The van der Waals surface area contributed by atoms with Crippen LogP contribution in [0.1, 0.15) is 34.3 Å². The second-order valence-electron chi connectivity index (χ2n) is 7.21. The van der Waals surface area contributed by atoms with E-state index in [9.17, 15) is 9.59 Å². The lowest BCUT2D eigenvalue weighted by Gasteiger charge is -2.31. The predicted octanol–water partition coefficient (Wildman–Crippen LogP) is 4.29. The summed E-state index contributed by atoms with van der Waals surface area (Å²) >= 11 is 6.18. The van der Waals surface area contributed by atoms with Crippen LogP contribution in [0.4, 0.5) is 5.69 Å². The van der Waals surface area contributed by atoms with E-state index >= 15 is 0 Å². The normalized spacial score (nSPS) is 15.2. The van der Waals surface area contributed by atoms with Gasteiger partial charge in [0.05, 0.1) is 23.4 Å². The lowest BCUT2D eigenvalue weighted by Crippen LogP contribution is -2.37. The van der Waals surface area contributed by atoms with Crippen LogP contribution in [0.25, 0.3) is 0 Å². The molecule has 1 aliphatic rings. The zero-order valence-corrected chi connectivity index (χ0v) is 17.0. The number of ether oxygens (including phenoxy) is 1. The highest BCUT2D eigenvalue weighted by molar-refractivity contribution is 6.33. The summed E-state index contributed by atoms with van der Waals surface area (Å²) < 4.78 is 4.72. The Labute approximate surface area is 170 Å². The average molecular weight is 401 g/mol. The van der Waals surface area contributed by atoms with Gasteiger partial charge in [0.15, 0.2) is 0 Å². The first-order valence-electron chi connectivity index (χ1n) is 9.43. The molecule has 1 heterocycles. The third-order valence-corrected chi connectivity index (χ3v) is 5.46. The van der Waals surface area contributed by atoms with Crippen molar-refractivity contribution in [1.29, 1.82) is 0 Å². The van der Waals surface area contributed by atoms with E-state index in [0.717, 1.165) is 32.5 Å². The number of likely N-dealkylation sites (tertiary alicyclic amines) is 1. The number of amides is 1. The van der Waals surface area contributed by atoms with Crippen molar-refractivity contribution >= 4 is 29.2 Å². The van der Waals surface area contributed by atoms with Crippen molar-refractivity contribution in [2.45, 2.75) is 26.3 Å². The van der Waals surface area contributed by atoms with Gasteiger partial charge < -0.3 is 10.1 Å². The average Bonchev–Trinajstić information content (AvgIpc) is 2.71. The molecule has 6 heteroatoms. The highest BCUT2D eigenvalue weighted by atomic mass is 35.5. The van der Waals surface area contributed by atoms with Crippen LogP contribution in [-0.4, -0.2) is 37.0 Å². The molecule has 0 unspecified atom stereocenters. The lowest BCUT2D eigenvalue weighted by molar-refractivity contribution is -0.121. The molecule has 5 nitrogen and oxygen atoms in total. The standard InChI is InChI=1S/C22H25ClN2O3/c1-15-3-5-16(6-4-15)14-25-11-9-17(10-12-25)21(26)24-20-13-18(22(27)28-2)7-8-19(20)23/h3-8,13,17H,9-12,14H2,1-2H3,(H,24,26). The molecule has 0 atom stereocenters. The minimum atomic E-state index is -0.462. The molecule has 2 aromatic carbocycles. The van der Waals surface area contributed by atoms with Crippen molar-refractivity contribution in [2.75, 3.05) is 25.5 Å². The number of hydrogen-bond acceptors (Lipinski definition) is 4. The van der Waals surface area contributed by atoms with Gasteiger partial charge in [0.1, 0.15) is 0 Å². The van der Waals surface area contributed by atoms with E-state index in [0.29, 0.717) is 16.3 Å². The number of benzene rings is 2. The number of nitrogens with zero attached hydrogens (tertiary/aromatic N) is 1. The lowest BCUT2D eigenvalue weighted by atomic mass is 9.95. The summed E-state index contributed by atoms with van der Waals surface area (Å²) in [7, 11) is 1.32. The van der Waals surface area contributed by atoms with Gasteiger partial charge in [0.2, 0.25) is 5.91 Å². The van der Waals surface area contributed by atoms with Crippen LogP contribution in [-0.2, 0) is 16.1 Å². The number of carbonyl (C=O) groups excluding carboxylic acids is 2. The van der Waals surface area contributed by atoms with Gasteiger partial charge in [-0.15, -0.1) is 0 Å². The van der Waals surface area contributed by atoms with Gasteiger partial charge in [-0.05, 0) is 56.6 Å². The topological polar surface area (TPSA) is 58.6 Å². The molecular formula is C22H25ClN2O3. The quantitative estimate of drug-likeness (QED) is 0.761. The highest BCUT2D eigenvalue weighted by Crippen LogP contribution is 2.26. The number of piperidine rings is 1. The number of halogens is 1. The maximum absolute atomic E-state index is 12.7. The maximum atomic E-state index is 12.7. The smallest absolute Gasteiger partial charge is 0.337 e. The van der Waals surface area contributed by atoms with Crippen LogP contribution in [0.3, 0.4) is 0 Å². The Bertz CT molecular complexity index is 843. The maximum Gasteiger partial charge on any atom is 0.337 e. The van der Waals surface area contributed by atoms with Crippen molar-refractivity contribution in [1.82, 2.24) is 4.90 Å². The number of nitrogens with one attached hydrogen (secondary N) is 1. The fraction of sp³-hybridized carbons (Fsp3) is 0.364. The van der Waals surface area contributed by atoms with E-state index in [1.54, 1.807) is 18.2 Å². The molecule has 148 valence electrons. The minimum absolute atomic E-state index is 0.0566. The number of anilines is 1. The number of carbonyl (C=O) groups is 2. The molecule has 0 saturated carbocycles. The third-order valence-electron chi connectivity index (χ3n) is 5.13. The fourth-order valence-electron chi connectivity index (χ4n) is 3.41. The van der Waals surface area contributed by atoms with Gasteiger partial charge >= 0.3 is 5.97 Å². The first kappa shape index (κ1) is 20.4. The SMILES string of the molecule is COC(=O)c1ccc(Cl)c(NC(=O)C2CCN(Cc3ccc(C)cc3)CC2)c1. The molecule has 0 aliphatic carbocycles. The number of methoxy groups -OCH3 is 1. The zero-order valence-electron chi connectivity index (χ0n) is 16.2. The highest BCUT2D eigenvalue weighted by Gasteiger charge is 2.25. The number of esters is 1. The van der Waals surface area contributed by atoms with Crippen LogP contribution in [0, 0.1) is 12.8 Å². The van der Waals surface area contributed by atoms with E-state index in [-0.39, 0.29) is 11.8 Å². The summed E-state index contributed by atoms with van der Waals surface area (Å²) in [6.07, 6.45) is 1.60. The Balaban J connectivity index is 1.55. The van der Waals surface area contributed by atoms with E-state index in [1.807, 2.05) is 0 Å². The van der Waals surface area contributed by atoms with E-state index in [4.69, 9.17) is 16.3 Å². The number of aryl methyl sites for hydroxylation is 1. The molecule has 0 bridgehead atoms. The van der Waals surface area contributed by atoms with Crippen molar-refractivity contribution < 1.29 is 14.3 Å². The molecule has 0 spiro atoms. The van der Waals surface area contributed by atoms with Gasteiger partial charge in [0, 0.05) is 12.5 Å². The van der Waals surface area contributed by atoms with Gasteiger partial charge in [-0.2, -0.15) is 0 Å². The zero-order chi connectivity index (χ0) is 20.1. The second kappa shape index (κ2) is 9.22. The molecule has 3 rings (SSSR count). The molecular weight excluding hydrogens is 376 g/mol. The second-order valence-corrected chi connectivity index (χ2v) is 7.62. The third kappa shape index (κ3) is 5.12. The first-order valence-corrected chi connectivity index (χ1v) is 9.80. The van der Waals surface area contributed by atoms with Crippen LogP contribution in [0.15, 0.2) is 42.5 Å². The Hall–Kier alpha value is -2.37. The molecule has 1 fully saturated rings. The summed E-state index contributed by atoms with van der Waals surface area (Å²) in [6, 6.07) is 13.3. The van der Waals surface area contributed by atoms with E-state index in [2.05, 4.69) is 41.4 Å². The molecule has 1 N–H and O–H groups in total. The Morgan fingerprint density at radius 1 is 1.14 bits per heavy atom. The molecule has 0 radical (unpaired) electrons. The van der Waals surface area contributed by atoms with Gasteiger partial charge in [0.25, 0.3) is 0 Å². The molecule has 1 aliphatic heterocycles. The summed E-state index contributed by atoms with van der Waals surface area (Å²) in [6.45, 7) is 4.74. The Morgan fingerprint density at radius 3 is 2.46 bits per heavy atom. The van der Waals surface area contributed by atoms with Crippen molar-refractivity contribution in [3.05, 3.63) is 64.2 Å². The van der Waals surface area contributed by atoms with Crippen LogP contribution in [0.5, 0.6) is 0 Å². The molecule has 0 aromatic heterocycles.